The predicted molar refractivity (Wildman–Crippen MR) is 55.8 cm³/mol. The third-order valence-corrected chi connectivity index (χ3v) is 2.49. The van der Waals surface area contributed by atoms with Gasteiger partial charge >= 0.3 is 0 Å². The van der Waals surface area contributed by atoms with Gasteiger partial charge in [0.25, 0.3) is 0 Å². The predicted octanol–water partition coefficient (Wildman–Crippen LogP) is 1.52. The standard InChI is InChI=1S/C9H15N3O.ClH/c1-2-8-11-9(12-13-8)7-3-5-10-6-4-7;/h7,10H,2-6H2,1H3;1H. The maximum atomic E-state index is 5.09. The summed E-state index contributed by atoms with van der Waals surface area (Å²) in [6, 6.07) is 0. The third kappa shape index (κ3) is 2.45. The number of rotatable bonds is 2. The van der Waals surface area contributed by atoms with E-state index in [0.717, 1.165) is 44.1 Å². The average Bonchev–Trinajstić information content (AvgIpc) is 2.67. The molecular formula is C9H16ClN3O. The van der Waals surface area contributed by atoms with Crippen LogP contribution in [0, 0.1) is 0 Å². The minimum Gasteiger partial charge on any atom is -0.339 e. The molecular weight excluding hydrogens is 202 g/mol. The zero-order chi connectivity index (χ0) is 9.10. The Balaban J connectivity index is 0.000000980. The molecule has 80 valence electrons. The van der Waals surface area contributed by atoms with Gasteiger partial charge in [-0.1, -0.05) is 12.1 Å². The van der Waals surface area contributed by atoms with Gasteiger partial charge in [0.05, 0.1) is 0 Å². The summed E-state index contributed by atoms with van der Waals surface area (Å²) in [5.74, 6) is 2.16. The lowest BCUT2D eigenvalue weighted by molar-refractivity contribution is 0.363. The summed E-state index contributed by atoms with van der Waals surface area (Å²) >= 11 is 0. The Morgan fingerprint density at radius 2 is 2.14 bits per heavy atom. The highest BCUT2D eigenvalue weighted by Crippen LogP contribution is 2.22. The quantitative estimate of drug-likeness (QED) is 0.816. The molecule has 1 fully saturated rings. The molecule has 0 aromatic carbocycles. The molecule has 14 heavy (non-hydrogen) atoms. The normalized spacial score (nSPS) is 17.8. The molecule has 0 amide bonds. The minimum atomic E-state index is 0. The van der Waals surface area contributed by atoms with Crippen molar-refractivity contribution in [1.82, 2.24) is 15.5 Å². The molecule has 1 N–H and O–H groups in total. The highest BCUT2D eigenvalue weighted by molar-refractivity contribution is 5.85. The van der Waals surface area contributed by atoms with Crippen LogP contribution < -0.4 is 5.32 Å². The van der Waals surface area contributed by atoms with Gasteiger partial charge in [-0.15, -0.1) is 12.4 Å². The highest BCUT2D eigenvalue weighted by Gasteiger charge is 2.19. The van der Waals surface area contributed by atoms with Gasteiger partial charge in [-0.3, -0.25) is 0 Å². The zero-order valence-electron chi connectivity index (χ0n) is 8.32. The number of aromatic nitrogens is 2. The van der Waals surface area contributed by atoms with E-state index in [4.69, 9.17) is 4.52 Å². The molecule has 1 aliphatic heterocycles. The van der Waals surface area contributed by atoms with Crippen molar-refractivity contribution < 1.29 is 4.52 Å². The molecule has 0 radical (unpaired) electrons. The summed E-state index contributed by atoms with van der Waals surface area (Å²) in [5.41, 5.74) is 0. The van der Waals surface area contributed by atoms with Crippen molar-refractivity contribution >= 4 is 12.4 Å². The van der Waals surface area contributed by atoms with Gasteiger partial charge in [0.2, 0.25) is 5.89 Å². The first kappa shape index (κ1) is 11.5. The van der Waals surface area contributed by atoms with Crippen molar-refractivity contribution in [3.63, 3.8) is 0 Å². The molecule has 1 saturated heterocycles. The van der Waals surface area contributed by atoms with Crippen LogP contribution in [-0.2, 0) is 6.42 Å². The van der Waals surface area contributed by atoms with Crippen molar-refractivity contribution in [2.45, 2.75) is 32.1 Å². The monoisotopic (exact) mass is 217 g/mol. The number of nitrogens with zero attached hydrogens (tertiary/aromatic N) is 2. The molecule has 0 saturated carbocycles. The van der Waals surface area contributed by atoms with E-state index in [-0.39, 0.29) is 12.4 Å². The van der Waals surface area contributed by atoms with Crippen molar-refractivity contribution in [3.05, 3.63) is 11.7 Å². The van der Waals surface area contributed by atoms with Gasteiger partial charge in [0, 0.05) is 12.3 Å². The lowest BCUT2D eigenvalue weighted by Crippen LogP contribution is -2.27. The summed E-state index contributed by atoms with van der Waals surface area (Å²) in [5, 5.41) is 7.32. The lowest BCUT2D eigenvalue weighted by Gasteiger charge is -2.18. The van der Waals surface area contributed by atoms with E-state index in [1.165, 1.54) is 0 Å². The number of piperidine rings is 1. The number of hydrogen-bond acceptors (Lipinski definition) is 4. The van der Waals surface area contributed by atoms with Gasteiger partial charge in [-0.2, -0.15) is 4.98 Å². The second-order valence-corrected chi connectivity index (χ2v) is 3.42. The van der Waals surface area contributed by atoms with Crippen LogP contribution in [0.1, 0.15) is 37.4 Å². The summed E-state index contributed by atoms with van der Waals surface area (Å²) in [7, 11) is 0. The maximum Gasteiger partial charge on any atom is 0.226 e. The molecule has 0 aliphatic carbocycles. The fourth-order valence-corrected chi connectivity index (χ4v) is 1.66. The van der Waals surface area contributed by atoms with Crippen molar-refractivity contribution in [2.75, 3.05) is 13.1 Å². The molecule has 1 aromatic rings. The van der Waals surface area contributed by atoms with E-state index in [1.54, 1.807) is 0 Å². The zero-order valence-corrected chi connectivity index (χ0v) is 9.14. The topological polar surface area (TPSA) is 51.0 Å². The molecule has 4 nitrogen and oxygen atoms in total. The van der Waals surface area contributed by atoms with Crippen LogP contribution in [0.4, 0.5) is 0 Å². The van der Waals surface area contributed by atoms with Crippen molar-refractivity contribution in [2.24, 2.45) is 0 Å². The molecule has 2 rings (SSSR count). The van der Waals surface area contributed by atoms with E-state index in [9.17, 15) is 0 Å². The van der Waals surface area contributed by atoms with Crippen LogP contribution in [0.15, 0.2) is 4.52 Å². The van der Waals surface area contributed by atoms with E-state index in [1.807, 2.05) is 6.92 Å². The molecule has 0 unspecified atom stereocenters. The van der Waals surface area contributed by atoms with E-state index in [2.05, 4.69) is 15.5 Å². The van der Waals surface area contributed by atoms with Gasteiger partial charge in [-0.25, -0.2) is 0 Å². The molecule has 2 heterocycles. The Hall–Kier alpha value is -0.610. The van der Waals surface area contributed by atoms with Gasteiger partial charge < -0.3 is 9.84 Å². The Morgan fingerprint density at radius 1 is 1.43 bits per heavy atom. The molecule has 5 heteroatoms. The second kappa shape index (κ2) is 5.32. The highest BCUT2D eigenvalue weighted by atomic mass is 35.5. The Kier molecular flexibility index (Phi) is 4.35. The second-order valence-electron chi connectivity index (χ2n) is 3.42. The largest absolute Gasteiger partial charge is 0.339 e. The Bertz CT molecular complexity index is 271. The van der Waals surface area contributed by atoms with Gasteiger partial charge in [0.1, 0.15) is 0 Å². The molecule has 0 bridgehead atoms. The SMILES string of the molecule is CCc1nc(C2CCNCC2)no1.Cl. The molecule has 0 atom stereocenters. The first-order valence-electron chi connectivity index (χ1n) is 4.93. The maximum absolute atomic E-state index is 5.09. The van der Waals surface area contributed by atoms with Crippen LogP contribution in [0.5, 0.6) is 0 Å². The van der Waals surface area contributed by atoms with Gasteiger partial charge in [-0.05, 0) is 25.9 Å². The number of aryl methyl sites for hydroxylation is 1. The number of hydrogen-bond donors (Lipinski definition) is 1. The molecule has 1 aromatic heterocycles. The fourth-order valence-electron chi connectivity index (χ4n) is 1.66. The Labute approximate surface area is 89.9 Å². The van der Waals surface area contributed by atoms with Crippen LogP contribution in [0.3, 0.4) is 0 Å². The minimum absolute atomic E-state index is 0. The van der Waals surface area contributed by atoms with Gasteiger partial charge in [0.15, 0.2) is 5.82 Å². The number of halogens is 1. The van der Waals surface area contributed by atoms with Crippen LogP contribution in [-0.4, -0.2) is 23.2 Å². The van der Waals surface area contributed by atoms with Crippen molar-refractivity contribution in [1.29, 1.82) is 0 Å². The summed E-state index contributed by atoms with van der Waals surface area (Å²) < 4.78 is 5.09. The Morgan fingerprint density at radius 3 is 2.71 bits per heavy atom. The summed E-state index contributed by atoms with van der Waals surface area (Å²) in [6.07, 6.45) is 3.09. The third-order valence-electron chi connectivity index (χ3n) is 2.49. The van der Waals surface area contributed by atoms with Crippen molar-refractivity contribution in [3.8, 4) is 0 Å². The smallest absolute Gasteiger partial charge is 0.226 e. The van der Waals surface area contributed by atoms with E-state index < -0.39 is 0 Å². The first-order chi connectivity index (χ1) is 6.40. The lowest BCUT2D eigenvalue weighted by atomic mass is 9.98. The summed E-state index contributed by atoms with van der Waals surface area (Å²) in [4.78, 5) is 4.35. The number of nitrogens with one attached hydrogen (secondary N) is 1. The fraction of sp³-hybridized carbons (Fsp3) is 0.778. The van der Waals surface area contributed by atoms with Crippen LogP contribution >= 0.6 is 12.4 Å². The van der Waals surface area contributed by atoms with Crippen LogP contribution in [0.2, 0.25) is 0 Å². The summed E-state index contributed by atoms with van der Waals surface area (Å²) in [6.45, 7) is 4.17. The molecule has 0 spiro atoms. The van der Waals surface area contributed by atoms with E-state index in [0.29, 0.717) is 5.92 Å². The van der Waals surface area contributed by atoms with E-state index >= 15 is 0 Å². The average molecular weight is 218 g/mol. The molecule has 1 aliphatic rings. The van der Waals surface area contributed by atoms with Crippen LogP contribution in [0.25, 0.3) is 0 Å². The first-order valence-corrected chi connectivity index (χ1v) is 4.93.